The molecule has 0 bridgehead atoms. The maximum atomic E-state index is 14.3. The molecular weight excluding hydrogens is 269 g/mol. The Kier molecular flexibility index (Phi) is 5.34. The highest BCUT2D eigenvalue weighted by Gasteiger charge is 2.43. The summed E-state index contributed by atoms with van der Waals surface area (Å²) >= 11 is 0. The third-order valence-electron chi connectivity index (χ3n) is 4.29. The average molecular weight is 293 g/mol. The van der Waals surface area contributed by atoms with Crippen LogP contribution in [0.4, 0.5) is 4.39 Å². The van der Waals surface area contributed by atoms with Crippen LogP contribution >= 0.6 is 0 Å². The van der Waals surface area contributed by atoms with Crippen molar-refractivity contribution in [2.75, 3.05) is 6.61 Å². The third kappa shape index (κ3) is 3.26. The van der Waals surface area contributed by atoms with Crippen LogP contribution in [0.2, 0.25) is 0 Å². The van der Waals surface area contributed by atoms with Gasteiger partial charge in [0.1, 0.15) is 11.4 Å². The molecule has 0 heterocycles. The Morgan fingerprint density at radius 1 is 1.33 bits per heavy atom. The number of rotatable bonds is 6. The molecule has 21 heavy (non-hydrogen) atoms. The minimum atomic E-state index is -1.09. The second-order valence-corrected chi connectivity index (χ2v) is 5.58. The summed E-state index contributed by atoms with van der Waals surface area (Å²) in [5, 5.41) is 3.41. The van der Waals surface area contributed by atoms with E-state index in [2.05, 4.69) is 5.32 Å². The van der Waals surface area contributed by atoms with Gasteiger partial charge in [0.15, 0.2) is 0 Å². The summed E-state index contributed by atoms with van der Waals surface area (Å²) in [5.41, 5.74) is -0.700. The van der Waals surface area contributed by atoms with Gasteiger partial charge in [-0.2, -0.15) is 0 Å². The van der Waals surface area contributed by atoms with E-state index in [4.69, 9.17) is 4.74 Å². The third-order valence-corrected chi connectivity index (χ3v) is 4.29. The SMILES string of the molecule is CCOC(=O)C(CC)(NC1CCCC1)c1ccccc1F. The minimum absolute atomic E-state index is 0.244. The molecule has 1 atom stereocenters. The van der Waals surface area contributed by atoms with Gasteiger partial charge in [-0.25, -0.2) is 9.18 Å². The van der Waals surface area contributed by atoms with E-state index in [0.29, 0.717) is 18.6 Å². The molecule has 1 N–H and O–H groups in total. The quantitative estimate of drug-likeness (QED) is 0.815. The Bertz CT molecular complexity index is 485. The van der Waals surface area contributed by atoms with Crippen LogP contribution in [0.5, 0.6) is 0 Å². The summed E-state index contributed by atoms with van der Waals surface area (Å²) in [4.78, 5) is 12.6. The number of esters is 1. The predicted molar refractivity (Wildman–Crippen MR) is 80.4 cm³/mol. The summed E-state index contributed by atoms with van der Waals surface area (Å²) in [6, 6.07) is 6.72. The Morgan fingerprint density at radius 3 is 2.57 bits per heavy atom. The van der Waals surface area contributed by atoms with Gasteiger partial charge >= 0.3 is 5.97 Å². The normalized spacial score (nSPS) is 18.4. The molecule has 4 heteroatoms. The zero-order chi connectivity index (χ0) is 15.3. The van der Waals surface area contributed by atoms with Crippen molar-refractivity contribution in [3.05, 3.63) is 35.6 Å². The van der Waals surface area contributed by atoms with Gasteiger partial charge in [0.05, 0.1) is 6.61 Å². The molecule has 0 spiro atoms. The maximum Gasteiger partial charge on any atom is 0.331 e. The highest BCUT2D eigenvalue weighted by Crippen LogP contribution is 2.32. The van der Waals surface area contributed by atoms with E-state index in [1.807, 2.05) is 6.92 Å². The first-order valence-electron chi connectivity index (χ1n) is 7.84. The predicted octanol–water partition coefficient (Wildman–Crippen LogP) is 3.53. The molecule has 1 fully saturated rings. The Morgan fingerprint density at radius 2 is 2.00 bits per heavy atom. The van der Waals surface area contributed by atoms with Gasteiger partial charge in [-0.05, 0) is 32.3 Å². The van der Waals surface area contributed by atoms with Crippen LogP contribution in [-0.4, -0.2) is 18.6 Å². The lowest BCUT2D eigenvalue weighted by atomic mass is 9.85. The van der Waals surface area contributed by atoms with Crippen LogP contribution in [0.3, 0.4) is 0 Å². The number of ether oxygens (including phenoxy) is 1. The van der Waals surface area contributed by atoms with Crippen molar-refractivity contribution in [2.24, 2.45) is 0 Å². The fourth-order valence-electron chi connectivity index (χ4n) is 3.16. The van der Waals surface area contributed by atoms with Crippen LogP contribution in [-0.2, 0) is 15.1 Å². The molecule has 0 saturated heterocycles. The first-order valence-corrected chi connectivity index (χ1v) is 7.84. The highest BCUT2D eigenvalue weighted by atomic mass is 19.1. The van der Waals surface area contributed by atoms with Gasteiger partial charge in [-0.15, -0.1) is 0 Å². The van der Waals surface area contributed by atoms with Crippen molar-refractivity contribution < 1.29 is 13.9 Å². The Balaban J connectivity index is 2.40. The largest absolute Gasteiger partial charge is 0.464 e. The van der Waals surface area contributed by atoms with E-state index >= 15 is 0 Å². The number of carbonyl (C=O) groups excluding carboxylic acids is 1. The number of hydrogen-bond donors (Lipinski definition) is 1. The van der Waals surface area contributed by atoms with Gasteiger partial charge in [0, 0.05) is 11.6 Å². The molecule has 0 radical (unpaired) electrons. The zero-order valence-corrected chi connectivity index (χ0v) is 12.8. The van der Waals surface area contributed by atoms with Crippen LogP contribution in [0.1, 0.15) is 51.5 Å². The lowest BCUT2D eigenvalue weighted by Gasteiger charge is -2.35. The van der Waals surface area contributed by atoms with Crippen LogP contribution in [0, 0.1) is 5.82 Å². The molecule has 116 valence electrons. The monoisotopic (exact) mass is 293 g/mol. The molecule has 1 aliphatic carbocycles. The van der Waals surface area contributed by atoms with Crippen molar-refractivity contribution in [1.82, 2.24) is 5.32 Å². The van der Waals surface area contributed by atoms with Crippen molar-refractivity contribution in [3.8, 4) is 0 Å². The summed E-state index contributed by atoms with van der Waals surface area (Å²) in [6.45, 7) is 3.96. The second-order valence-electron chi connectivity index (χ2n) is 5.58. The lowest BCUT2D eigenvalue weighted by Crippen LogP contribution is -2.53. The topological polar surface area (TPSA) is 38.3 Å². The molecule has 0 amide bonds. The van der Waals surface area contributed by atoms with E-state index in [9.17, 15) is 9.18 Å². The van der Waals surface area contributed by atoms with Crippen LogP contribution < -0.4 is 5.32 Å². The van der Waals surface area contributed by atoms with E-state index in [1.165, 1.54) is 6.07 Å². The number of hydrogen-bond acceptors (Lipinski definition) is 3. The minimum Gasteiger partial charge on any atom is -0.464 e. The molecule has 1 aromatic rings. The maximum absolute atomic E-state index is 14.3. The van der Waals surface area contributed by atoms with Gasteiger partial charge in [0.2, 0.25) is 0 Å². The van der Waals surface area contributed by atoms with E-state index in [1.54, 1.807) is 25.1 Å². The Labute approximate surface area is 125 Å². The number of carbonyl (C=O) groups is 1. The fraction of sp³-hybridized carbons (Fsp3) is 0.588. The first-order chi connectivity index (χ1) is 10.1. The molecule has 0 aliphatic heterocycles. The lowest BCUT2D eigenvalue weighted by molar-refractivity contribution is -0.152. The van der Waals surface area contributed by atoms with E-state index in [-0.39, 0.29) is 17.8 Å². The number of benzene rings is 1. The molecule has 0 aromatic heterocycles. The number of halogens is 1. The molecule has 1 saturated carbocycles. The summed E-state index contributed by atoms with van der Waals surface area (Å²) < 4.78 is 19.5. The standard InChI is InChI=1S/C17H24FNO2/c1-3-17(16(20)21-4-2,19-13-9-5-6-10-13)14-11-7-8-12-15(14)18/h7-8,11-13,19H,3-6,9-10H2,1-2H3. The molecule has 1 aliphatic rings. The van der Waals surface area contributed by atoms with Gasteiger partial charge in [-0.3, -0.25) is 5.32 Å². The van der Waals surface area contributed by atoms with Gasteiger partial charge < -0.3 is 4.74 Å². The van der Waals surface area contributed by atoms with Crippen molar-refractivity contribution in [2.45, 2.75) is 57.5 Å². The average Bonchev–Trinajstić information content (AvgIpc) is 2.98. The zero-order valence-electron chi connectivity index (χ0n) is 12.8. The van der Waals surface area contributed by atoms with Crippen LogP contribution in [0.15, 0.2) is 24.3 Å². The molecule has 3 nitrogen and oxygen atoms in total. The highest BCUT2D eigenvalue weighted by molar-refractivity contribution is 5.82. The smallest absolute Gasteiger partial charge is 0.331 e. The first kappa shape index (κ1) is 16.0. The molecular formula is C17H24FNO2. The molecule has 1 unspecified atom stereocenters. The fourth-order valence-corrected chi connectivity index (χ4v) is 3.16. The summed E-state index contributed by atoms with van der Waals surface area (Å²) in [6.07, 6.45) is 4.81. The molecule has 2 rings (SSSR count). The van der Waals surface area contributed by atoms with Crippen molar-refractivity contribution in [3.63, 3.8) is 0 Å². The molecule has 1 aromatic carbocycles. The van der Waals surface area contributed by atoms with E-state index in [0.717, 1.165) is 25.7 Å². The number of nitrogens with one attached hydrogen (secondary N) is 1. The van der Waals surface area contributed by atoms with Gasteiger partial charge in [0.25, 0.3) is 0 Å². The van der Waals surface area contributed by atoms with E-state index < -0.39 is 5.54 Å². The summed E-state index contributed by atoms with van der Waals surface area (Å²) in [7, 11) is 0. The van der Waals surface area contributed by atoms with Crippen molar-refractivity contribution >= 4 is 5.97 Å². The second kappa shape index (κ2) is 7.03. The summed E-state index contributed by atoms with van der Waals surface area (Å²) in [5.74, 6) is -0.748. The van der Waals surface area contributed by atoms with Gasteiger partial charge in [-0.1, -0.05) is 38.0 Å². The van der Waals surface area contributed by atoms with Crippen LogP contribution in [0.25, 0.3) is 0 Å². The van der Waals surface area contributed by atoms with Crippen molar-refractivity contribution in [1.29, 1.82) is 0 Å². The Hall–Kier alpha value is -1.42.